The third kappa shape index (κ3) is 10.3. The van der Waals surface area contributed by atoms with Gasteiger partial charge in [-0.2, -0.15) is 0 Å². The van der Waals surface area contributed by atoms with Crippen molar-refractivity contribution in [2.75, 3.05) is 13.6 Å². The smallest absolute Gasteiger partial charge is 0.287 e. The Morgan fingerprint density at radius 1 is 0.970 bits per heavy atom. The number of rotatable bonds is 11. The topological polar surface area (TPSA) is 101 Å². The molecule has 2 rings (SSSR count). The Balaban J connectivity index is 0.000000981. The quantitative estimate of drug-likeness (QED) is 0.353. The van der Waals surface area contributed by atoms with E-state index >= 15 is 0 Å². The van der Waals surface area contributed by atoms with Crippen LogP contribution in [-0.4, -0.2) is 37.2 Å². The van der Waals surface area contributed by atoms with Crippen molar-refractivity contribution in [2.45, 2.75) is 52.5 Å². The van der Waals surface area contributed by atoms with Crippen LogP contribution >= 0.6 is 0 Å². The van der Waals surface area contributed by atoms with Crippen molar-refractivity contribution in [1.82, 2.24) is 10.6 Å². The van der Waals surface area contributed by atoms with Crippen molar-refractivity contribution in [2.24, 2.45) is 5.73 Å². The highest BCUT2D eigenvalue weighted by atomic mass is 16.2. The van der Waals surface area contributed by atoms with E-state index in [1.807, 2.05) is 69.4 Å². The number of hydrogen-bond donors (Lipinski definition) is 3. The summed E-state index contributed by atoms with van der Waals surface area (Å²) in [6.07, 6.45) is 6.94. The molecule has 1 unspecified atom stereocenters. The maximum absolute atomic E-state index is 12.8. The van der Waals surface area contributed by atoms with Gasteiger partial charge in [-0.25, -0.2) is 0 Å². The number of benzene rings is 2. The van der Waals surface area contributed by atoms with Gasteiger partial charge < -0.3 is 16.4 Å². The fraction of sp³-hybridized carbons (Fsp3) is 0.370. The average Bonchev–Trinajstić information content (AvgIpc) is 2.82. The second-order valence-electron chi connectivity index (χ2n) is 7.83. The van der Waals surface area contributed by atoms with Crippen molar-refractivity contribution in [3.8, 4) is 0 Å². The van der Waals surface area contributed by atoms with E-state index in [2.05, 4.69) is 17.6 Å². The molecule has 0 bridgehead atoms. The first-order chi connectivity index (χ1) is 15.8. The van der Waals surface area contributed by atoms with Gasteiger partial charge in [0.25, 0.3) is 11.8 Å². The van der Waals surface area contributed by atoms with Gasteiger partial charge in [0.2, 0.25) is 5.78 Å². The van der Waals surface area contributed by atoms with E-state index in [4.69, 9.17) is 5.73 Å². The highest BCUT2D eigenvalue weighted by molar-refractivity contribution is 6.38. The molecule has 33 heavy (non-hydrogen) atoms. The maximum atomic E-state index is 12.8. The second kappa shape index (κ2) is 15.5. The van der Waals surface area contributed by atoms with Gasteiger partial charge in [0.05, 0.1) is 6.04 Å². The highest BCUT2D eigenvalue weighted by Gasteiger charge is 2.25. The molecule has 0 aliphatic carbocycles. The Bertz CT molecular complexity index is 918. The lowest BCUT2D eigenvalue weighted by atomic mass is 10.0. The first-order valence-corrected chi connectivity index (χ1v) is 11.5. The first kappa shape index (κ1) is 27.8. The molecule has 0 aliphatic heterocycles. The van der Waals surface area contributed by atoms with Gasteiger partial charge >= 0.3 is 0 Å². The molecule has 2 aromatic rings. The van der Waals surface area contributed by atoms with Crippen LogP contribution in [0.2, 0.25) is 0 Å². The van der Waals surface area contributed by atoms with Crippen molar-refractivity contribution >= 4 is 29.7 Å². The number of ketones is 1. The monoisotopic (exact) mass is 451 g/mol. The lowest BCUT2D eigenvalue weighted by Gasteiger charge is -2.16. The zero-order valence-electron chi connectivity index (χ0n) is 20.2. The molecule has 0 saturated carbocycles. The molecule has 0 aromatic heterocycles. The maximum Gasteiger partial charge on any atom is 0.287 e. The molecule has 0 heterocycles. The van der Waals surface area contributed by atoms with Crippen LogP contribution in [-0.2, 0) is 9.59 Å². The molecule has 4 N–H and O–H groups in total. The van der Waals surface area contributed by atoms with Crippen LogP contribution in [0.25, 0.3) is 12.2 Å². The number of carbonyl (C=O) groups excluding carboxylic acids is 3. The third-order valence-electron chi connectivity index (χ3n) is 4.95. The summed E-state index contributed by atoms with van der Waals surface area (Å²) in [5, 5.41) is 5.69. The molecule has 2 amide bonds. The van der Waals surface area contributed by atoms with E-state index in [9.17, 15) is 14.4 Å². The normalized spacial score (nSPS) is 11.4. The van der Waals surface area contributed by atoms with E-state index < -0.39 is 23.6 Å². The lowest BCUT2D eigenvalue weighted by molar-refractivity contribution is -0.137. The van der Waals surface area contributed by atoms with Gasteiger partial charge in [0.15, 0.2) is 0 Å². The molecule has 0 saturated heterocycles. The molecule has 2 aromatic carbocycles. The summed E-state index contributed by atoms with van der Waals surface area (Å²) in [5.74, 6) is -2.21. The van der Waals surface area contributed by atoms with Crippen LogP contribution in [0.5, 0.6) is 0 Å². The average molecular weight is 452 g/mol. The molecule has 6 nitrogen and oxygen atoms in total. The van der Waals surface area contributed by atoms with E-state index in [0.29, 0.717) is 18.4 Å². The van der Waals surface area contributed by atoms with Crippen LogP contribution in [0.15, 0.2) is 48.5 Å². The molecule has 0 aliphatic rings. The van der Waals surface area contributed by atoms with Gasteiger partial charge in [0.1, 0.15) is 0 Å². The van der Waals surface area contributed by atoms with Crippen molar-refractivity contribution in [3.63, 3.8) is 0 Å². The van der Waals surface area contributed by atoms with Gasteiger partial charge in [-0.1, -0.05) is 86.9 Å². The number of Topliss-reactive ketones (excluding diaryl/α,β-unsaturated/α-hetero) is 1. The predicted molar refractivity (Wildman–Crippen MR) is 136 cm³/mol. The van der Waals surface area contributed by atoms with Crippen LogP contribution in [0.3, 0.4) is 0 Å². The molecule has 0 spiro atoms. The van der Waals surface area contributed by atoms with Crippen molar-refractivity contribution < 1.29 is 14.4 Å². The first-order valence-electron chi connectivity index (χ1n) is 11.5. The zero-order chi connectivity index (χ0) is 24.6. The number of primary amides is 1. The minimum atomic E-state index is -1.03. The number of nitrogens with two attached hydrogens (primary N) is 1. The Kier molecular flexibility index (Phi) is 13.1. The standard InChI is InChI=1S/C23H26N2O3.C4H11N/c1-3-4-9-20(21(26)22(24)27)25-23(28)19-8-6-5-7-18(19)15-14-17-12-10-16(2)11-13-17;1-3-4-5-2/h5-8,10-15,20H,3-4,9H2,1-2H3,(H2,24,27)(H,25,28);5H,3-4H2,1-2H3. The molecular weight excluding hydrogens is 414 g/mol. The lowest BCUT2D eigenvalue weighted by Crippen LogP contribution is -2.46. The van der Waals surface area contributed by atoms with Gasteiger partial charge in [0, 0.05) is 5.56 Å². The number of carbonyl (C=O) groups is 3. The molecule has 1 atom stereocenters. The summed E-state index contributed by atoms with van der Waals surface area (Å²) < 4.78 is 0. The SMILES string of the molecule is CCCCC(NC(=O)c1ccccc1C=Cc1ccc(C)cc1)C(=O)C(N)=O.CCCNC. The molecule has 0 fully saturated rings. The largest absolute Gasteiger partial charge is 0.363 e. The number of hydrogen-bond acceptors (Lipinski definition) is 4. The molecular formula is C27H37N3O3. The number of amides is 2. The summed E-state index contributed by atoms with van der Waals surface area (Å²) >= 11 is 0. The van der Waals surface area contributed by atoms with Gasteiger partial charge in [-0.3, -0.25) is 14.4 Å². The molecule has 178 valence electrons. The Morgan fingerprint density at radius 2 is 1.64 bits per heavy atom. The summed E-state index contributed by atoms with van der Waals surface area (Å²) in [4.78, 5) is 36.1. The Morgan fingerprint density at radius 3 is 2.18 bits per heavy atom. The van der Waals surface area contributed by atoms with E-state index in [-0.39, 0.29) is 0 Å². The van der Waals surface area contributed by atoms with Crippen molar-refractivity contribution in [3.05, 3.63) is 70.8 Å². The fourth-order valence-electron chi connectivity index (χ4n) is 3.05. The number of unbranched alkanes of at least 4 members (excludes halogenated alkanes) is 1. The van der Waals surface area contributed by atoms with Gasteiger partial charge in [-0.15, -0.1) is 0 Å². The second-order valence-corrected chi connectivity index (χ2v) is 7.83. The summed E-state index contributed by atoms with van der Waals surface area (Å²) in [6, 6.07) is 14.3. The van der Waals surface area contributed by atoms with Crippen LogP contribution in [0, 0.1) is 6.92 Å². The fourth-order valence-corrected chi connectivity index (χ4v) is 3.05. The summed E-state index contributed by atoms with van der Waals surface area (Å²) in [5.41, 5.74) is 8.48. The predicted octanol–water partition coefficient (Wildman–Crippen LogP) is 4.12. The summed E-state index contributed by atoms with van der Waals surface area (Å²) in [6.45, 7) is 7.28. The van der Waals surface area contributed by atoms with E-state index in [0.717, 1.165) is 24.1 Å². The zero-order valence-corrected chi connectivity index (χ0v) is 20.2. The minimum absolute atomic E-state index is 0.380. The summed E-state index contributed by atoms with van der Waals surface area (Å²) in [7, 11) is 1.96. The Labute approximate surface area is 197 Å². The number of aryl methyl sites for hydroxylation is 1. The van der Waals surface area contributed by atoms with E-state index in [1.165, 1.54) is 12.0 Å². The molecule has 6 heteroatoms. The molecule has 0 radical (unpaired) electrons. The van der Waals surface area contributed by atoms with Crippen molar-refractivity contribution in [1.29, 1.82) is 0 Å². The van der Waals surface area contributed by atoms with Gasteiger partial charge in [-0.05, 0) is 50.6 Å². The third-order valence-corrected chi connectivity index (χ3v) is 4.95. The van der Waals surface area contributed by atoms with Crippen LogP contribution in [0.4, 0.5) is 0 Å². The van der Waals surface area contributed by atoms with E-state index in [1.54, 1.807) is 12.1 Å². The van der Waals surface area contributed by atoms with Crippen LogP contribution in [0.1, 0.15) is 66.6 Å². The van der Waals surface area contributed by atoms with Crippen LogP contribution < -0.4 is 16.4 Å². The Hall–Kier alpha value is -3.25. The highest BCUT2D eigenvalue weighted by Crippen LogP contribution is 2.15. The number of nitrogens with one attached hydrogen (secondary N) is 2. The minimum Gasteiger partial charge on any atom is -0.363 e.